The van der Waals surface area contributed by atoms with Crippen molar-refractivity contribution in [1.29, 1.82) is 0 Å². The van der Waals surface area contributed by atoms with Crippen LogP contribution in [-0.4, -0.2) is 47.0 Å². The summed E-state index contributed by atoms with van der Waals surface area (Å²) in [4.78, 5) is 24.9. The number of nitrogens with two attached hydrogens (primary N) is 2. The van der Waals surface area contributed by atoms with E-state index < -0.39 is 24.3 Å². The van der Waals surface area contributed by atoms with Crippen molar-refractivity contribution in [3.05, 3.63) is 29.8 Å². The van der Waals surface area contributed by atoms with Crippen LogP contribution in [0.25, 0.3) is 0 Å². The number of aliphatic hydroxyl groups excluding tert-OH is 2. The zero-order chi connectivity index (χ0) is 20.4. The molecule has 0 aliphatic rings. The van der Waals surface area contributed by atoms with Crippen molar-refractivity contribution in [2.24, 2.45) is 17.4 Å². The van der Waals surface area contributed by atoms with Gasteiger partial charge in [0.15, 0.2) is 6.35 Å². The van der Waals surface area contributed by atoms with Crippen LogP contribution in [-0.2, 0) is 16.2 Å². The minimum Gasteiger partial charge on any atom is -0.392 e. The Balaban J connectivity index is 2.74. The predicted octanol–water partition coefficient (Wildman–Crippen LogP) is -0.810. The van der Waals surface area contributed by atoms with E-state index in [1.165, 1.54) is 0 Å². The minimum atomic E-state index is -1.13. The van der Waals surface area contributed by atoms with Gasteiger partial charge in [-0.2, -0.15) is 0 Å². The molecule has 1 rings (SSSR count). The molecular formula is C18H31N5O4. The maximum atomic E-state index is 12.6. The van der Waals surface area contributed by atoms with Gasteiger partial charge in [-0.25, -0.2) is 0 Å². The second-order valence-corrected chi connectivity index (χ2v) is 6.72. The van der Waals surface area contributed by atoms with Gasteiger partial charge in [-0.15, -0.1) is 0 Å². The Morgan fingerprint density at radius 2 is 1.74 bits per heavy atom. The molecule has 0 saturated carbocycles. The summed E-state index contributed by atoms with van der Waals surface area (Å²) in [6.07, 6.45) is -0.282. The van der Waals surface area contributed by atoms with Crippen LogP contribution < -0.4 is 27.4 Å². The van der Waals surface area contributed by atoms with Gasteiger partial charge in [0.25, 0.3) is 0 Å². The van der Waals surface area contributed by atoms with E-state index in [1.807, 2.05) is 13.8 Å². The van der Waals surface area contributed by atoms with Crippen molar-refractivity contribution in [3.8, 4) is 0 Å². The third kappa shape index (κ3) is 8.46. The van der Waals surface area contributed by atoms with E-state index in [0.29, 0.717) is 25.1 Å². The number of rotatable bonds is 11. The topological polar surface area (TPSA) is 163 Å². The summed E-state index contributed by atoms with van der Waals surface area (Å²) in [7, 11) is 0. The van der Waals surface area contributed by atoms with Gasteiger partial charge in [-0.1, -0.05) is 26.0 Å². The van der Waals surface area contributed by atoms with Crippen LogP contribution in [0.1, 0.15) is 32.3 Å². The van der Waals surface area contributed by atoms with E-state index in [0.717, 1.165) is 5.56 Å². The first-order valence-corrected chi connectivity index (χ1v) is 8.98. The highest BCUT2D eigenvalue weighted by Gasteiger charge is 2.25. The first-order valence-electron chi connectivity index (χ1n) is 8.98. The van der Waals surface area contributed by atoms with Crippen LogP contribution in [0.3, 0.4) is 0 Å². The molecular weight excluding hydrogens is 350 g/mol. The zero-order valence-corrected chi connectivity index (χ0v) is 15.8. The average molecular weight is 381 g/mol. The number of carbonyl (C=O) groups is 2. The van der Waals surface area contributed by atoms with E-state index in [2.05, 4.69) is 16.0 Å². The highest BCUT2D eigenvalue weighted by Crippen LogP contribution is 2.11. The van der Waals surface area contributed by atoms with Crippen LogP contribution in [0, 0.1) is 5.92 Å². The molecule has 0 saturated heterocycles. The Morgan fingerprint density at radius 1 is 1.11 bits per heavy atom. The lowest BCUT2D eigenvalue weighted by molar-refractivity contribution is -0.128. The lowest BCUT2D eigenvalue weighted by Crippen LogP contribution is -2.51. The molecule has 27 heavy (non-hydrogen) atoms. The molecule has 3 atom stereocenters. The summed E-state index contributed by atoms with van der Waals surface area (Å²) >= 11 is 0. The van der Waals surface area contributed by atoms with Crippen LogP contribution in [0.5, 0.6) is 0 Å². The molecule has 0 aliphatic carbocycles. The van der Waals surface area contributed by atoms with E-state index in [4.69, 9.17) is 21.7 Å². The summed E-state index contributed by atoms with van der Waals surface area (Å²) < 4.78 is 0. The first-order chi connectivity index (χ1) is 12.7. The summed E-state index contributed by atoms with van der Waals surface area (Å²) in [5.41, 5.74) is 12.4. The minimum absolute atomic E-state index is 0.0613. The molecule has 1 aromatic rings. The summed E-state index contributed by atoms with van der Waals surface area (Å²) in [6.45, 7) is 3.96. The molecule has 9 heteroatoms. The molecule has 2 amide bonds. The predicted molar refractivity (Wildman–Crippen MR) is 103 cm³/mol. The third-order valence-electron chi connectivity index (χ3n) is 4.08. The quantitative estimate of drug-likeness (QED) is 0.195. The SMILES string of the molecule is CC(C)C(N)C(=O)NC(CCCNC(N)O)C(=O)Nc1ccc(CO)cc1. The lowest BCUT2D eigenvalue weighted by atomic mass is 10.0. The maximum Gasteiger partial charge on any atom is 0.246 e. The lowest BCUT2D eigenvalue weighted by Gasteiger charge is -2.22. The fraction of sp³-hybridized carbons (Fsp3) is 0.556. The van der Waals surface area contributed by atoms with E-state index in [9.17, 15) is 9.59 Å². The molecule has 9 nitrogen and oxygen atoms in total. The molecule has 0 aromatic heterocycles. The third-order valence-corrected chi connectivity index (χ3v) is 4.08. The summed E-state index contributed by atoms with van der Waals surface area (Å²) in [5, 5.41) is 26.2. The van der Waals surface area contributed by atoms with E-state index in [-0.39, 0.29) is 18.4 Å². The number of carbonyl (C=O) groups excluding carboxylic acids is 2. The number of hydrogen-bond donors (Lipinski definition) is 7. The monoisotopic (exact) mass is 381 g/mol. The molecule has 0 radical (unpaired) electrons. The maximum absolute atomic E-state index is 12.6. The van der Waals surface area contributed by atoms with Gasteiger partial charge < -0.3 is 26.6 Å². The van der Waals surface area contributed by atoms with Gasteiger partial charge in [0.05, 0.1) is 12.6 Å². The van der Waals surface area contributed by atoms with Crippen molar-refractivity contribution in [2.45, 2.75) is 51.7 Å². The molecule has 0 spiro atoms. The van der Waals surface area contributed by atoms with Crippen molar-refractivity contribution in [3.63, 3.8) is 0 Å². The molecule has 9 N–H and O–H groups in total. The van der Waals surface area contributed by atoms with Crippen molar-refractivity contribution < 1.29 is 19.8 Å². The van der Waals surface area contributed by atoms with Gasteiger partial charge in [0.1, 0.15) is 6.04 Å². The number of anilines is 1. The largest absolute Gasteiger partial charge is 0.392 e. The van der Waals surface area contributed by atoms with Gasteiger partial charge in [0, 0.05) is 5.69 Å². The summed E-state index contributed by atoms with van der Waals surface area (Å²) in [5.74, 6) is -0.828. The number of aliphatic hydroxyl groups is 2. The number of hydrogen-bond acceptors (Lipinski definition) is 7. The smallest absolute Gasteiger partial charge is 0.246 e. The molecule has 0 fully saturated rings. The molecule has 152 valence electrons. The Kier molecular flexibility index (Phi) is 9.90. The molecule has 3 unspecified atom stereocenters. The van der Waals surface area contributed by atoms with Crippen molar-refractivity contribution in [2.75, 3.05) is 11.9 Å². The second-order valence-electron chi connectivity index (χ2n) is 6.72. The zero-order valence-electron chi connectivity index (χ0n) is 15.8. The molecule has 0 heterocycles. The summed E-state index contributed by atoms with van der Waals surface area (Å²) in [6, 6.07) is 5.25. The van der Waals surface area contributed by atoms with Crippen LogP contribution in [0.15, 0.2) is 24.3 Å². The highest BCUT2D eigenvalue weighted by atomic mass is 16.3. The average Bonchev–Trinajstić information content (AvgIpc) is 2.63. The Labute approximate surface area is 159 Å². The van der Waals surface area contributed by atoms with Crippen molar-refractivity contribution >= 4 is 17.5 Å². The fourth-order valence-electron chi connectivity index (χ4n) is 2.32. The first kappa shape index (κ1) is 23.0. The van der Waals surface area contributed by atoms with Crippen molar-refractivity contribution in [1.82, 2.24) is 10.6 Å². The molecule has 0 aliphatic heterocycles. The van der Waals surface area contributed by atoms with Gasteiger partial charge >= 0.3 is 0 Å². The fourth-order valence-corrected chi connectivity index (χ4v) is 2.32. The van der Waals surface area contributed by atoms with Gasteiger partial charge in [-0.3, -0.25) is 20.6 Å². The molecule has 0 bridgehead atoms. The van der Waals surface area contributed by atoms with Crippen LogP contribution >= 0.6 is 0 Å². The normalized spacial score (nSPS) is 14.5. The standard InChI is InChI=1S/C18H31N5O4/c1-11(2)15(19)17(26)23-14(4-3-9-21-18(20)27)16(25)22-13-7-5-12(10-24)6-8-13/h5-8,11,14-15,18,21,24,27H,3-4,9-10,19-20H2,1-2H3,(H,22,25)(H,23,26). The van der Waals surface area contributed by atoms with Crippen LogP contribution in [0.2, 0.25) is 0 Å². The Morgan fingerprint density at radius 3 is 2.26 bits per heavy atom. The highest BCUT2D eigenvalue weighted by molar-refractivity contribution is 5.97. The number of benzene rings is 1. The number of amides is 2. The number of nitrogens with one attached hydrogen (secondary N) is 3. The van der Waals surface area contributed by atoms with E-state index >= 15 is 0 Å². The second kappa shape index (κ2) is 11.6. The Bertz CT molecular complexity index is 592. The molecule has 1 aromatic carbocycles. The Hall–Kier alpha value is -2.04. The van der Waals surface area contributed by atoms with E-state index in [1.54, 1.807) is 24.3 Å². The van der Waals surface area contributed by atoms with Gasteiger partial charge in [0.2, 0.25) is 11.8 Å². The van der Waals surface area contributed by atoms with Gasteiger partial charge in [-0.05, 0) is 43.0 Å². The van der Waals surface area contributed by atoms with Crippen LogP contribution in [0.4, 0.5) is 5.69 Å².